The molecular weight excluding hydrogens is 300 g/mol. The molecule has 1 aromatic rings. The van der Waals surface area contributed by atoms with E-state index in [1.165, 1.54) is 11.3 Å². The fourth-order valence-electron chi connectivity index (χ4n) is 1.72. The molecule has 1 atom stereocenters. The number of carbonyl (C=O) groups is 1. The van der Waals surface area contributed by atoms with Crippen LogP contribution in [0, 0.1) is 0 Å². The molecule has 2 N–H and O–H groups in total. The van der Waals surface area contributed by atoms with Gasteiger partial charge in [0, 0.05) is 24.4 Å². The highest BCUT2D eigenvalue weighted by molar-refractivity contribution is 7.15. The fourth-order valence-corrected chi connectivity index (χ4v) is 2.54. The summed E-state index contributed by atoms with van der Waals surface area (Å²) in [4.78, 5) is 11.9. The molecule has 1 aliphatic heterocycles. The van der Waals surface area contributed by atoms with Crippen molar-refractivity contribution in [2.24, 2.45) is 0 Å². The Morgan fingerprint density at radius 1 is 1.50 bits per heavy atom. The highest BCUT2D eigenvalue weighted by atomic mass is 35.5. The standard InChI is InChI=1S/C12H20N4O2S.ClH/c1-12(2,3)10-15-16-11(19-10)14-9(17)6-8-7-18-5-4-13-8;/h8,13H,4-7H2,1-3H3,(H,14,16,17);1H. The van der Waals surface area contributed by atoms with Crippen LogP contribution in [0.1, 0.15) is 32.2 Å². The van der Waals surface area contributed by atoms with E-state index in [1.54, 1.807) is 0 Å². The van der Waals surface area contributed by atoms with E-state index in [0.717, 1.165) is 11.6 Å². The summed E-state index contributed by atoms with van der Waals surface area (Å²) < 4.78 is 5.31. The molecule has 1 saturated heterocycles. The topological polar surface area (TPSA) is 76.1 Å². The Kier molecular flexibility index (Phi) is 6.32. The second-order valence-electron chi connectivity index (χ2n) is 5.64. The number of morpholine rings is 1. The third-order valence-corrected chi connectivity index (χ3v) is 4.01. The van der Waals surface area contributed by atoms with Crippen molar-refractivity contribution in [3.05, 3.63) is 5.01 Å². The van der Waals surface area contributed by atoms with Crippen molar-refractivity contribution in [3.63, 3.8) is 0 Å². The lowest BCUT2D eigenvalue weighted by Crippen LogP contribution is -2.43. The lowest BCUT2D eigenvalue weighted by Gasteiger charge is -2.22. The molecule has 0 aromatic carbocycles. The quantitative estimate of drug-likeness (QED) is 0.884. The molecule has 2 heterocycles. The molecule has 0 saturated carbocycles. The van der Waals surface area contributed by atoms with E-state index in [-0.39, 0.29) is 29.8 Å². The van der Waals surface area contributed by atoms with Crippen LogP contribution in [0.4, 0.5) is 5.13 Å². The summed E-state index contributed by atoms with van der Waals surface area (Å²) in [5.41, 5.74) is -0.0423. The van der Waals surface area contributed by atoms with Gasteiger partial charge in [0.05, 0.1) is 13.2 Å². The smallest absolute Gasteiger partial charge is 0.227 e. The lowest BCUT2D eigenvalue weighted by atomic mass is 9.98. The Labute approximate surface area is 129 Å². The minimum atomic E-state index is -0.0559. The van der Waals surface area contributed by atoms with Crippen LogP contribution in [0.15, 0.2) is 0 Å². The van der Waals surface area contributed by atoms with Crippen LogP contribution < -0.4 is 10.6 Å². The summed E-state index contributed by atoms with van der Waals surface area (Å²) in [5.74, 6) is -0.0559. The van der Waals surface area contributed by atoms with Crippen LogP contribution in [0.3, 0.4) is 0 Å². The van der Waals surface area contributed by atoms with Crippen LogP contribution in [0.25, 0.3) is 0 Å². The first-order chi connectivity index (χ1) is 8.95. The third-order valence-electron chi connectivity index (χ3n) is 2.74. The van der Waals surface area contributed by atoms with E-state index in [1.807, 2.05) is 0 Å². The molecule has 1 fully saturated rings. The van der Waals surface area contributed by atoms with Crippen molar-refractivity contribution in [2.75, 3.05) is 25.1 Å². The van der Waals surface area contributed by atoms with Crippen LogP contribution in [0.2, 0.25) is 0 Å². The largest absolute Gasteiger partial charge is 0.378 e. The Morgan fingerprint density at radius 2 is 2.25 bits per heavy atom. The molecule has 1 amide bonds. The van der Waals surface area contributed by atoms with Crippen LogP contribution in [-0.4, -0.2) is 41.9 Å². The molecule has 8 heteroatoms. The predicted octanol–water partition coefficient (Wildman–Crippen LogP) is 1.57. The molecule has 0 spiro atoms. The zero-order chi connectivity index (χ0) is 13.9. The van der Waals surface area contributed by atoms with E-state index in [2.05, 4.69) is 41.6 Å². The van der Waals surface area contributed by atoms with Gasteiger partial charge in [-0.25, -0.2) is 0 Å². The van der Waals surface area contributed by atoms with Gasteiger partial charge in [-0.1, -0.05) is 32.1 Å². The zero-order valence-corrected chi connectivity index (χ0v) is 13.6. The maximum atomic E-state index is 11.9. The molecule has 1 aliphatic rings. The molecule has 0 radical (unpaired) electrons. The number of hydrogen-bond donors (Lipinski definition) is 2. The zero-order valence-electron chi connectivity index (χ0n) is 11.9. The summed E-state index contributed by atoms with van der Waals surface area (Å²) in [7, 11) is 0. The van der Waals surface area contributed by atoms with Gasteiger partial charge in [-0.3, -0.25) is 4.79 Å². The average Bonchev–Trinajstić information content (AvgIpc) is 2.78. The minimum Gasteiger partial charge on any atom is -0.378 e. The molecule has 0 aliphatic carbocycles. The Bertz CT molecular complexity index is 441. The van der Waals surface area contributed by atoms with Crippen molar-refractivity contribution in [1.82, 2.24) is 15.5 Å². The summed E-state index contributed by atoms with van der Waals surface area (Å²) in [5, 5.41) is 15.6. The van der Waals surface area contributed by atoms with E-state index in [4.69, 9.17) is 4.74 Å². The first-order valence-corrected chi connectivity index (χ1v) is 7.22. The van der Waals surface area contributed by atoms with Gasteiger partial charge in [0.25, 0.3) is 0 Å². The molecule has 6 nitrogen and oxygen atoms in total. The first kappa shape index (κ1) is 17.3. The molecule has 1 aromatic heterocycles. The number of nitrogens with zero attached hydrogens (tertiary/aromatic N) is 2. The third kappa shape index (κ3) is 4.97. The number of anilines is 1. The van der Waals surface area contributed by atoms with Crippen molar-refractivity contribution in [3.8, 4) is 0 Å². The van der Waals surface area contributed by atoms with E-state index >= 15 is 0 Å². The van der Waals surface area contributed by atoms with Gasteiger partial charge in [-0.2, -0.15) is 0 Å². The normalized spacial score (nSPS) is 19.2. The van der Waals surface area contributed by atoms with Crippen LogP contribution in [-0.2, 0) is 14.9 Å². The molecule has 0 bridgehead atoms. The van der Waals surface area contributed by atoms with Crippen molar-refractivity contribution >= 4 is 34.8 Å². The Morgan fingerprint density at radius 3 is 2.80 bits per heavy atom. The number of halogens is 1. The second-order valence-corrected chi connectivity index (χ2v) is 6.62. The van der Waals surface area contributed by atoms with Gasteiger partial charge < -0.3 is 15.4 Å². The average molecular weight is 321 g/mol. The highest BCUT2D eigenvalue weighted by Gasteiger charge is 2.21. The number of carbonyl (C=O) groups excluding carboxylic acids is 1. The first-order valence-electron chi connectivity index (χ1n) is 6.40. The van der Waals surface area contributed by atoms with Gasteiger partial charge in [-0.15, -0.1) is 22.6 Å². The van der Waals surface area contributed by atoms with E-state index in [0.29, 0.717) is 24.8 Å². The SMILES string of the molecule is CC(C)(C)c1nnc(NC(=O)CC2COCCN2)s1.Cl. The van der Waals surface area contributed by atoms with E-state index < -0.39 is 0 Å². The minimum absolute atomic E-state index is 0. The van der Waals surface area contributed by atoms with Gasteiger partial charge in [0.2, 0.25) is 11.0 Å². The molecule has 1 unspecified atom stereocenters. The fraction of sp³-hybridized carbons (Fsp3) is 0.750. The molecule has 114 valence electrons. The molecular formula is C12H21ClN4O2S. The lowest BCUT2D eigenvalue weighted by molar-refractivity contribution is -0.117. The highest BCUT2D eigenvalue weighted by Crippen LogP contribution is 2.27. The summed E-state index contributed by atoms with van der Waals surface area (Å²) >= 11 is 1.42. The van der Waals surface area contributed by atoms with Crippen molar-refractivity contribution < 1.29 is 9.53 Å². The summed E-state index contributed by atoms with van der Waals surface area (Å²) in [6.45, 7) is 8.30. The van der Waals surface area contributed by atoms with E-state index in [9.17, 15) is 4.79 Å². The second kappa shape index (κ2) is 7.31. The maximum Gasteiger partial charge on any atom is 0.227 e. The van der Waals surface area contributed by atoms with Crippen LogP contribution in [0.5, 0.6) is 0 Å². The monoisotopic (exact) mass is 320 g/mol. The van der Waals surface area contributed by atoms with Gasteiger partial charge >= 0.3 is 0 Å². The Balaban J connectivity index is 0.00000200. The van der Waals surface area contributed by atoms with Crippen molar-refractivity contribution in [2.45, 2.75) is 38.6 Å². The van der Waals surface area contributed by atoms with Crippen LogP contribution >= 0.6 is 23.7 Å². The number of rotatable bonds is 3. The van der Waals surface area contributed by atoms with Gasteiger partial charge in [-0.05, 0) is 0 Å². The van der Waals surface area contributed by atoms with Gasteiger partial charge in [0.1, 0.15) is 5.01 Å². The number of hydrogen-bond acceptors (Lipinski definition) is 6. The predicted molar refractivity (Wildman–Crippen MR) is 81.7 cm³/mol. The van der Waals surface area contributed by atoms with Gasteiger partial charge in [0.15, 0.2) is 0 Å². The number of nitrogens with one attached hydrogen (secondary N) is 2. The maximum absolute atomic E-state index is 11.9. The summed E-state index contributed by atoms with van der Waals surface area (Å²) in [6, 6.07) is 0.0868. The number of aromatic nitrogens is 2. The van der Waals surface area contributed by atoms with Crippen molar-refractivity contribution in [1.29, 1.82) is 0 Å². The number of ether oxygens (including phenoxy) is 1. The summed E-state index contributed by atoms with van der Waals surface area (Å²) in [6.07, 6.45) is 0.393. The number of amides is 1. The molecule has 20 heavy (non-hydrogen) atoms. The Hall–Kier alpha value is -0.760. The molecule has 2 rings (SSSR count).